The molecule has 1 atom stereocenters. The lowest BCUT2D eigenvalue weighted by Gasteiger charge is -2.33. The van der Waals surface area contributed by atoms with Crippen LogP contribution in [0.5, 0.6) is 5.75 Å². The molecule has 0 bridgehead atoms. The van der Waals surface area contributed by atoms with Crippen molar-refractivity contribution in [2.75, 3.05) is 30.4 Å². The summed E-state index contributed by atoms with van der Waals surface area (Å²) in [6, 6.07) is 9.94. The van der Waals surface area contributed by atoms with Crippen molar-refractivity contribution in [1.82, 2.24) is 29.3 Å². The predicted octanol–water partition coefficient (Wildman–Crippen LogP) is 6.15. The molecule has 42 heavy (non-hydrogen) atoms. The average molecular weight is 569 g/mol. The number of hydrogen-bond acceptors (Lipinski definition) is 9. The van der Waals surface area contributed by atoms with Gasteiger partial charge in [-0.25, -0.2) is 19.7 Å². The van der Waals surface area contributed by atoms with E-state index >= 15 is 0 Å². The molecule has 11 heteroatoms. The predicted molar refractivity (Wildman–Crippen MR) is 164 cm³/mol. The van der Waals surface area contributed by atoms with E-state index in [1.54, 1.807) is 25.6 Å². The normalized spacial score (nSPS) is 15.8. The van der Waals surface area contributed by atoms with Gasteiger partial charge in [-0.05, 0) is 57.7 Å². The van der Waals surface area contributed by atoms with Crippen molar-refractivity contribution in [3.8, 4) is 17.1 Å². The van der Waals surface area contributed by atoms with Crippen LogP contribution in [0.2, 0.25) is 0 Å². The van der Waals surface area contributed by atoms with Crippen molar-refractivity contribution >= 4 is 45.2 Å². The Labute approximate surface area is 244 Å². The summed E-state index contributed by atoms with van der Waals surface area (Å²) in [6.45, 7) is 9.84. The van der Waals surface area contributed by atoms with Crippen LogP contribution in [0.15, 0.2) is 49.1 Å². The van der Waals surface area contributed by atoms with E-state index in [1.807, 2.05) is 40.0 Å². The maximum Gasteiger partial charge on any atom is 0.435 e. The molecule has 1 N–H and O–H groups in total. The van der Waals surface area contributed by atoms with Crippen LogP contribution >= 0.6 is 0 Å². The fraction of sp³-hybridized carbons (Fsp3) is 0.387. The minimum atomic E-state index is -0.646. The highest BCUT2D eigenvalue weighted by Crippen LogP contribution is 2.37. The molecule has 0 spiro atoms. The third-order valence-corrected chi connectivity index (χ3v) is 7.53. The molecule has 5 aromatic rings. The van der Waals surface area contributed by atoms with Gasteiger partial charge in [0.25, 0.3) is 0 Å². The number of methoxy groups -OCH3 is 1. The van der Waals surface area contributed by atoms with Gasteiger partial charge in [0.1, 0.15) is 29.3 Å². The number of aryl methyl sites for hydroxylation is 1. The maximum absolute atomic E-state index is 12.8. The number of anilines is 3. The molecule has 0 radical (unpaired) electrons. The van der Waals surface area contributed by atoms with Crippen LogP contribution in [-0.2, 0) is 11.8 Å². The zero-order valence-corrected chi connectivity index (χ0v) is 24.9. The van der Waals surface area contributed by atoms with Gasteiger partial charge < -0.3 is 24.3 Å². The monoisotopic (exact) mass is 568 g/mol. The summed E-state index contributed by atoms with van der Waals surface area (Å²) in [5.41, 5.74) is 4.55. The van der Waals surface area contributed by atoms with E-state index < -0.39 is 11.7 Å². The van der Waals surface area contributed by atoms with Crippen LogP contribution in [0.3, 0.4) is 0 Å². The molecule has 1 aliphatic heterocycles. The number of piperidine rings is 1. The highest BCUT2D eigenvalue weighted by Gasteiger charge is 2.24. The van der Waals surface area contributed by atoms with Gasteiger partial charge in [0.2, 0.25) is 0 Å². The Hall–Kier alpha value is -4.67. The van der Waals surface area contributed by atoms with Crippen LogP contribution in [0, 0.1) is 5.92 Å². The topological polar surface area (TPSA) is 112 Å². The molecule has 0 aliphatic carbocycles. The largest absolute Gasteiger partial charge is 0.494 e. The standard InChI is InChI=1S/C31H36N8O3/c1-19-9-8-12-38(17-19)24-11-7-10-22-27(24)37(5)29(36-22)21-16-32-18-33-28(21)35-23-13-20-15-34-39(25(20)14-26(23)41-6)30(40)42-31(2,3)4/h7,10-11,13-16,18-19H,8-9,12,17H2,1-6H3,(H,32,33,35)/t19-/m1/s1. The maximum atomic E-state index is 12.8. The van der Waals surface area contributed by atoms with Gasteiger partial charge in [0, 0.05) is 37.8 Å². The average Bonchev–Trinajstić information content (AvgIpc) is 3.52. The van der Waals surface area contributed by atoms with Crippen molar-refractivity contribution in [3.05, 3.63) is 49.1 Å². The van der Waals surface area contributed by atoms with Gasteiger partial charge >= 0.3 is 6.09 Å². The number of ether oxygens (including phenoxy) is 2. The second-order valence-corrected chi connectivity index (χ2v) is 11.9. The van der Waals surface area contributed by atoms with Crippen molar-refractivity contribution in [2.24, 2.45) is 13.0 Å². The molecular formula is C31H36N8O3. The number of carbonyl (C=O) groups excluding carboxylic acids is 1. The molecular weight excluding hydrogens is 532 g/mol. The van der Waals surface area contributed by atoms with Crippen molar-refractivity contribution in [1.29, 1.82) is 0 Å². The number of rotatable bonds is 5. The SMILES string of the molecule is COc1cc2c(cnn2C(=O)OC(C)(C)C)cc1Nc1ncncc1-c1nc2cccc(N3CCC[C@@H](C)C3)c2n1C. The molecule has 4 heterocycles. The lowest BCUT2D eigenvalue weighted by molar-refractivity contribution is 0.0522. The van der Waals surface area contributed by atoms with Crippen LogP contribution < -0.4 is 15.0 Å². The Morgan fingerprint density at radius 3 is 2.76 bits per heavy atom. The van der Waals surface area contributed by atoms with E-state index in [1.165, 1.54) is 29.5 Å². The van der Waals surface area contributed by atoms with E-state index in [9.17, 15) is 4.79 Å². The van der Waals surface area contributed by atoms with Gasteiger partial charge in [-0.1, -0.05) is 13.0 Å². The summed E-state index contributed by atoms with van der Waals surface area (Å²) in [5.74, 6) is 2.50. The third-order valence-electron chi connectivity index (χ3n) is 7.53. The Balaban J connectivity index is 1.38. The van der Waals surface area contributed by atoms with Crippen LogP contribution in [0.25, 0.3) is 33.3 Å². The highest BCUT2D eigenvalue weighted by atomic mass is 16.6. The Morgan fingerprint density at radius 2 is 2.00 bits per heavy atom. The molecule has 11 nitrogen and oxygen atoms in total. The Bertz CT molecular complexity index is 1780. The quantitative estimate of drug-likeness (QED) is 0.267. The van der Waals surface area contributed by atoms with Gasteiger partial charge in [-0.2, -0.15) is 9.78 Å². The molecule has 1 fully saturated rings. The number of fused-ring (bicyclic) bond motifs is 2. The Morgan fingerprint density at radius 1 is 1.17 bits per heavy atom. The molecule has 218 valence electrons. The molecule has 0 saturated carbocycles. The van der Waals surface area contributed by atoms with E-state index in [2.05, 4.69) is 48.9 Å². The first-order chi connectivity index (χ1) is 20.1. The second kappa shape index (κ2) is 10.6. The number of para-hydroxylation sites is 1. The highest BCUT2D eigenvalue weighted by molar-refractivity contribution is 5.95. The van der Waals surface area contributed by atoms with Gasteiger partial charge in [0.15, 0.2) is 0 Å². The van der Waals surface area contributed by atoms with Crippen molar-refractivity contribution < 1.29 is 14.3 Å². The summed E-state index contributed by atoms with van der Waals surface area (Å²) in [4.78, 5) is 29.2. The summed E-state index contributed by atoms with van der Waals surface area (Å²) in [6.07, 6.45) is 6.78. The first-order valence-corrected chi connectivity index (χ1v) is 14.2. The van der Waals surface area contributed by atoms with Crippen LogP contribution in [-0.4, -0.2) is 61.2 Å². The Kier molecular flexibility index (Phi) is 6.96. The lowest BCUT2D eigenvalue weighted by atomic mass is 9.99. The summed E-state index contributed by atoms with van der Waals surface area (Å²) >= 11 is 0. The summed E-state index contributed by atoms with van der Waals surface area (Å²) in [7, 11) is 3.62. The zero-order chi connectivity index (χ0) is 29.6. The zero-order valence-electron chi connectivity index (χ0n) is 24.9. The number of benzene rings is 2. The molecule has 2 aromatic carbocycles. The number of nitrogens with zero attached hydrogens (tertiary/aromatic N) is 7. The second-order valence-electron chi connectivity index (χ2n) is 11.9. The molecule has 6 rings (SSSR count). The molecule has 0 unspecified atom stereocenters. The van der Waals surface area contributed by atoms with E-state index in [0.717, 1.165) is 40.9 Å². The van der Waals surface area contributed by atoms with Crippen LogP contribution in [0.1, 0.15) is 40.5 Å². The van der Waals surface area contributed by atoms with Gasteiger partial charge in [0.05, 0.1) is 46.8 Å². The number of imidazole rings is 1. The summed E-state index contributed by atoms with van der Waals surface area (Å²) < 4.78 is 14.6. The first kappa shape index (κ1) is 27.5. The fourth-order valence-corrected chi connectivity index (χ4v) is 5.65. The summed E-state index contributed by atoms with van der Waals surface area (Å²) in [5, 5.41) is 8.43. The van der Waals surface area contributed by atoms with E-state index in [-0.39, 0.29) is 0 Å². The van der Waals surface area contributed by atoms with Gasteiger partial charge in [-0.15, -0.1) is 0 Å². The smallest absolute Gasteiger partial charge is 0.435 e. The van der Waals surface area contributed by atoms with E-state index in [0.29, 0.717) is 28.7 Å². The number of carbonyl (C=O) groups is 1. The van der Waals surface area contributed by atoms with Crippen molar-refractivity contribution in [2.45, 2.75) is 46.1 Å². The molecule has 1 saturated heterocycles. The number of nitrogens with one attached hydrogen (secondary N) is 1. The number of aromatic nitrogens is 6. The molecule has 3 aromatic heterocycles. The fourth-order valence-electron chi connectivity index (χ4n) is 5.65. The minimum absolute atomic E-state index is 0.517. The first-order valence-electron chi connectivity index (χ1n) is 14.2. The van der Waals surface area contributed by atoms with Crippen LogP contribution in [0.4, 0.5) is 22.0 Å². The third kappa shape index (κ3) is 5.10. The molecule has 1 aliphatic rings. The molecule has 0 amide bonds. The minimum Gasteiger partial charge on any atom is -0.494 e. The van der Waals surface area contributed by atoms with Crippen molar-refractivity contribution in [3.63, 3.8) is 0 Å². The van der Waals surface area contributed by atoms with E-state index in [4.69, 9.17) is 14.5 Å². The lowest BCUT2D eigenvalue weighted by Crippen LogP contribution is -2.34. The van der Waals surface area contributed by atoms with Gasteiger partial charge in [-0.3, -0.25) is 0 Å². The number of hydrogen-bond donors (Lipinski definition) is 1.